The van der Waals surface area contributed by atoms with E-state index in [9.17, 15) is 9.90 Å². The maximum Gasteiger partial charge on any atom is 0.412 e. The second-order valence-electron chi connectivity index (χ2n) is 6.46. The highest BCUT2D eigenvalue weighted by Crippen LogP contribution is 2.25. The van der Waals surface area contributed by atoms with Crippen molar-refractivity contribution < 1.29 is 19.4 Å². The molecule has 0 aliphatic rings. The lowest BCUT2D eigenvalue weighted by Gasteiger charge is -2.13. The molecule has 2 unspecified atom stereocenters. The van der Waals surface area contributed by atoms with Gasteiger partial charge in [0.1, 0.15) is 17.7 Å². The van der Waals surface area contributed by atoms with E-state index in [4.69, 9.17) is 9.47 Å². The number of hydrogen-bond donors (Lipinski definition) is 3. The molecule has 0 saturated carbocycles. The fourth-order valence-electron chi connectivity index (χ4n) is 2.11. The highest BCUT2D eigenvalue weighted by Gasteiger charge is 2.11. The van der Waals surface area contributed by atoms with Crippen molar-refractivity contribution in [3.05, 3.63) is 6.20 Å². The van der Waals surface area contributed by atoms with E-state index < -0.39 is 12.2 Å². The molecule has 0 aliphatic heterocycles. The molecule has 2 atom stereocenters. The van der Waals surface area contributed by atoms with E-state index in [0.29, 0.717) is 35.3 Å². The molecular formula is C17H31N3O4S. The summed E-state index contributed by atoms with van der Waals surface area (Å²) in [6.07, 6.45) is 3.55. The van der Waals surface area contributed by atoms with Crippen LogP contribution in [0.3, 0.4) is 0 Å². The Bertz CT molecular complexity index is 496. The van der Waals surface area contributed by atoms with Gasteiger partial charge >= 0.3 is 6.09 Å². The van der Waals surface area contributed by atoms with Gasteiger partial charge in [-0.1, -0.05) is 51.9 Å². The number of aliphatic hydroxyl groups is 1. The Morgan fingerprint density at radius 3 is 2.80 bits per heavy atom. The molecule has 1 heterocycles. The van der Waals surface area contributed by atoms with Crippen molar-refractivity contribution in [3.63, 3.8) is 0 Å². The molecule has 0 spiro atoms. The van der Waals surface area contributed by atoms with Crippen LogP contribution in [0, 0.1) is 5.92 Å². The summed E-state index contributed by atoms with van der Waals surface area (Å²) < 4.78 is 10.6. The predicted molar refractivity (Wildman–Crippen MR) is 100 cm³/mol. The Hall–Kier alpha value is -1.38. The van der Waals surface area contributed by atoms with E-state index >= 15 is 0 Å². The van der Waals surface area contributed by atoms with Crippen molar-refractivity contribution in [3.8, 4) is 5.19 Å². The van der Waals surface area contributed by atoms with Gasteiger partial charge in [0.05, 0.1) is 12.8 Å². The van der Waals surface area contributed by atoms with E-state index in [0.717, 1.165) is 19.3 Å². The summed E-state index contributed by atoms with van der Waals surface area (Å²) in [5.41, 5.74) is 0. The smallest absolute Gasteiger partial charge is 0.412 e. The molecule has 1 aromatic heterocycles. The van der Waals surface area contributed by atoms with E-state index in [1.807, 2.05) is 13.8 Å². The van der Waals surface area contributed by atoms with Gasteiger partial charge in [-0.25, -0.2) is 9.78 Å². The molecule has 0 saturated heterocycles. The first-order valence-electron chi connectivity index (χ1n) is 8.84. The van der Waals surface area contributed by atoms with Crippen molar-refractivity contribution in [2.75, 3.05) is 25.1 Å². The number of ether oxygens (including phenoxy) is 2. The summed E-state index contributed by atoms with van der Waals surface area (Å²) >= 11 is 1.20. The minimum atomic E-state index is -0.613. The number of carbonyl (C=O) groups is 1. The number of thiazole rings is 1. The van der Waals surface area contributed by atoms with Gasteiger partial charge in [0.2, 0.25) is 0 Å². The Morgan fingerprint density at radius 1 is 1.36 bits per heavy atom. The molecule has 8 heteroatoms. The molecule has 1 rings (SSSR count). The van der Waals surface area contributed by atoms with Crippen LogP contribution < -0.4 is 15.4 Å². The van der Waals surface area contributed by atoms with Crippen molar-refractivity contribution in [2.45, 2.75) is 59.1 Å². The molecular weight excluding hydrogens is 342 g/mol. The van der Waals surface area contributed by atoms with Crippen molar-refractivity contribution >= 4 is 22.4 Å². The summed E-state index contributed by atoms with van der Waals surface area (Å²) in [5, 5.41) is 16.5. The summed E-state index contributed by atoms with van der Waals surface area (Å²) in [4.78, 5) is 15.8. The summed E-state index contributed by atoms with van der Waals surface area (Å²) in [5.74, 6) is 0.554. The van der Waals surface area contributed by atoms with E-state index in [1.54, 1.807) is 0 Å². The van der Waals surface area contributed by atoms with Crippen molar-refractivity contribution in [1.29, 1.82) is 0 Å². The van der Waals surface area contributed by atoms with Gasteiger partial charge in [0, 0.05) is 12.6 Å². The summed E-state index contributed by atoms with van der Waals surface area (Å²) in [6, 6.07) is 0.307. The molecule has 144 valence electrons. The van der Waals surface area contributed by atoms with Gasteiger partial charge in [-0.05, 0) is 12.3 Å². The zero-order chi connectivity index (χ0) is 18.7. The normalized spacial score (nSPS) is 13.5. The first-order chi connectivity index (χ1) is 11.9. The highest BCUT2D eigenvalue weighted by molar-refractivity contribution is 7.17. The third-order valence-corrected chi connectivity index (χ3v) is 4.32. The highest BCUT2D eigenvalue weighted by atomic mass is 32.1. The lowest BCUT2D eigenvalue weighted by molar-refractivity contribution is 0.104. The average molecular weight is 374 g/mol. The zero-order valence-electron chi connectivity index (χ0n) is 15.6. The number of nitrogens with zero attached hydrogens (tertiary/aromatic N) is 1. The molecule has 0 bridgehead atoms. The maximum absolute atomic E-state index is 11.7. The number of hydrogen-bond acceptors (Lipinski definition) is 7. The van der Waals surface area contributed by atoms with Crippen LogP contribution in [0.15, 0.2) is 6.20 Å². The first-order valence-corrected chi connectivity index (χ1v) is 9.66. The maximum atomic E-state index is 11.7. The van der Waals surface area contributed by atoms with Gasteiger partial charge in [0.25, 0.3) is 5.19 Å². The number of carbonyl (C=O) groups excluding carboxylic acids is 1. The first kappa shape index (κ1) is 21.7. The van der Waals surface area contributed by atoms with Gasteiger partial charge < -0.3 is 19.9 Å². The van der Waals surface area contributed by atoms with E-state index in [2.05, 4.69) is 29.5 Å². The summed E-state index contributed by atoms with van der Waals surface area (Å²) in [7, 11) is 0. The molecule has 0 aromatic carbocycles. The molecule has 0 radical (unpaired) electrons. The number of aliphatic hydroxyl groups excluding tert-OH is 1. The van der Waals surface area contributed by atoms with Crippen LogP contribution >= 0.6 is 11.3 Å². The standard InChI is InChI=1S/C17H31N3O4S/c1-5-6-13(4)7-8-23-16(22)20-15-10-19-17(25-15)24-11-14(21)9-18-12(2)3/h10,12-14,18,21H,5-9,11H2,1-4H3,(H,20,22). The van der Waals surface area contributed by atoms with Crippen LogP contribution in [-0.2, 0) is 4.74 Å². The molecule has 3 N–H and O–H groups in total. The van der Waals surface area contributed by atoms with Gasteiger partial charge in [-0.15, -0.1) is 0 Å². The largest absolute Gasteiger partial charge is 0.467 e. The Labute approximate surface area is 154 Å². The molecule has 7 nitrogen and oxygen atoms in total. The van der Waals surface area contributed by atoms with Crippen LogP contribution in [0.25, 0.3) is 0 Å². The fourth-order valence-corrected chi connectivity index (χ4v) is 2.77. The Kier molecular flexibility index (Phi) is 10.4. The van der Waals surface area contributed by atoms with Gasteiger partial charge in [-0.2, -0.15) is 0 Å². The molecule has 25 heavy (non-hydrogen) atoms. The lowest BCUT2D eigenvalue weighted by Crippen LogP contribution is -2.35. The Balaban J connectivity index is 2.24. The second kappa shape index (κ2) is 12.1. The topological polar surface area (TPSA) is 92.7 Å². The summed E-state index contributed by atoms with van der Waals surface area (Å²) in [6.45, 7) is 9.33. The zero-order valence-corrected chi connectivity index (χ0v) is 16.4. The van der Waals surface area contributed by atoms with Crippen LogP contribution in [0.4, 0.5) is 9.80 Å². The van der Waals surface area contributed by atoms with Gasteiger partial charge in [-0.3, -0.25) is 5.32 Å². The van der Waals surface area contributed by atoms with Crippen LogP contribution in [0.5, 0.6) is 5.19 Å². The number of anilines is 1. The van der Waals surface area contributed by atoms with Crippen LogP contribution in [-0.4, -0.2) is 48.1 Å². The molecule has 1 amide bonds. The third kappa shape index (κ3) is 10.3. The van der Waals surface area contributed by atoms with Crippen molar-refractivity contribution in [1.82, 2.24) is 10.3 Å². The minimum absolute atomic E-state index is 0.145. The predicted octanol–water partition coefficient (Wildman–Crippen LogP) is 3.26. The number of nitrogens with one attached hydrogen (secondary N) is 2. The fraction of sp³-hybridized carbons (Fsp3) is 0.765. The van der Waals surface area contributed by atoms with E-state index in [1.165, 1.54) is 17.5 Å². The number of rotatable bonds is 12. The Morgan fingerprint density at radius 2 is 2.12 bits per heavy atom. The van der Waals surface area contributed by atoms with Crippen molar-refractivity contribution in [2.24, 2.45) is 5.92 Å². The third-order valence-electron chi connectivity index (χ3n) is 3.50. The minimum Gasteiger partial charge on any atom is -0.467 e. The molecule has 0 fully saturated rings. The SMILES string of the molecule is CCCC(C)CCOC(=O)Nc1cnc(OCC(O)CNC(C)C)s1. The van der Waals surface area contributed by atoms with Crippen LogP contribution in [0.2, 0.25) is 0 Å². The monoisotopic (exact) mass is 373 g/mol. The van der Waals surface area contributed by atoms with E-state index in [-0.39, 0.29) is 6.61 Å². The number of aromatic nitrogens is 1. The second-order valence-corrected chi connectivity index (χ2v) is 7.45. The average Bonchev–Trinajstić information content (AvgIpc) is 2.98. The number of amides is 1. The molecule has 1 aromatic rings. The van der Waals surface area contributed by atoms with Crippen LogP contribution in [0.1, 0.15) is 47.0 Å². The quantitative estimate of drug-likeness (QED) is 0.521. The lowest BCUT2D eigenvalue weighted by atomic mass is 10.0. The van der Waals surface area contributed by atoms with Gasteiger partial charge in [0.15, 0.2) is 0 Å². The molecule has 0 aliphatic carbocycles.